The maximum atomic E-state index is 11.1. The minimum Gasteiger partial charge on any atom is -0.348 e. The Bertz CT molecular complexity index is 383. The van der Waals surface area contributed by atoms with Gasteiger partial charge in [0.1, 0.15) is 5.82 Å². The van der Waals surface area contributed by atoms with Crippen molar-refractivity contribution < 1.29 is 4.79 Å². The summed E-state index contributed by atoms with van der Waals surface area (Å²) in [6.45, 7) is 1.14. The van der Waals surface area contributed by atoms with Crippen LogP contribution in [0.1, 0.15) is 6.42 Å². The summed E-state index contributed by atoms with van der Waals surface area (Å²) in [5, 5.41) is 0.578. The topological polar surface area (TPSA) is 33.2 Å². The van der Waals surface area contributed by atoms with Crippen LogP contribution in [0.2, 0.25) is 5.02 Å². The quantitative estimate of drug-likeness (QED) is 0.788. The van der Waals surface area contributed by atoms with Gasteiger partial charge in [0.2, 0.25) is 0 Å². The number of carbonyl (C=O) groups excluding carboxylic acids is 1. The van der Waals surface area contributed by atoms with Crippen LogP contribution < -0.4 is 4.90 Å². The second-order valence-electron chi connectivity index (χ2n) is 3.17. The van der Waals surface area contributed by atoms with Crippen LogP contribution in [0.4, 0.5) is 5.82 Å². The van der Waals surface area contributed by atoms with E-state index in [1.165, 1.54) is 0 Å². The molecule has 3 nitrogen and oxygen atoms in total. The predicted molar refractivity (Wildman–Crippen MR) is 58.8 cm³/mol. The Labute approximate surface area is 95.2 Å². The van der Waals surface area contributed by atoms with E-state index in [4.69, 9.17) is 11.6 Å². The second-order valence-corrected chi connectivity index (χ2v) is 4.49. The Hall–Kier alpha value is -0.610. The number of halogens is 2. The summed E-state index contributed by atoms with van der Waals surface area (Å²) < 4.78 is 0.844. The SMILES string of the molecule is O=C1CCN(c2ncc(Br)cc2Cl)C1. The Balaban J connectivity index is 2.28. The van der Waals surface area contributed by atoms with Gasteiger partial charge in [-0.15, -0.1) is 0 Å². The Kier molecular flexibility index (Phi) is 2.74. The van der Waals surface area contributed by atoms with Gasteiger partial charge in [0.15, 0.2) is 5.78 Å². The molecule has 0 saturated carbocycles. The van der Waals surface area contributed by atoms with Gasteiger partial charge in [0.25, 0.3) is 0 Å². The van der Waals surface area contributed by atoms with Crippen LogP contribution in [0.5, 0.6) is 0 Å². The standard InChI is InChI=1S/C9H8BrClN2O/c10-6-3-8(11)9(12-4-6)13-2-1-7(14)5-13/h3-4H,1-2,5H2. The van der Waals surface area contributed by atoms with E-state index in [2.05, 4.69) is 20.9 Å². The van der Waals surface area contributed by atoms with Crippen LogP contribution in [-0.2, 0) is 4.79 Å². The molecule has 14 heavy (non-hydrogen) atoms. The Morgan fingerprint density at radius 2 is 2.36 bits per heavy atom. The lowest BCUT2D eigenvalue weighted by Gasteiger charge is -2.16. The number of pyridine rings is 1. The molecule has 1 fully saturated rings. The van der Waals surface area contributed by atoms with E-state index in [-0.39, 0.29) is 5.78 Å². The fourth-order valence-electron chi connectivity index (χ4n) is 1.45. The number of carbonyl (C=O) groups is 1. The average molecular weight is 276 g/mol. The maximum Gasteiger partial charge on any atom is 0.153 e. The van der Waals surface area contributed by atoms with Crippen LogP contribution >= 0.6 is 27.5 Å². The summed E-state index contributed by atoms with van der Waals surface area (Å²) in [5.74, 6) is 0.937. The summed E-state index contributed by atoms with van der Waals surface area (Å²) in [7, 11) is 0. The van der Waals surface area contributed by atoms with Crippen molar-refractivity contribution in [2.24, 2.45) is 0 Å². The van der Waals surface area contributed by atoms with E-state index in [0.29, 0.717) is 30.4 Å². The Morgan fingerprint density at radius 3 is 2.93 bits per heavy atom. The molecule has 0 aromatic carbocycles. The van der Waals surface area contributed by atoms with Crippen LogP contribution in [0, 0.1) is 0 Å². The molecule has 74 valence electrons. The number of hydrogen-bond donors (Lipinski definition) is 0. The number of Topliss-reactive ketones (excluding diaryl/α,β-unsaturated/α-hetero) is 1. The molecule has 0 radical (unpaired) electrons. The van der Waals surface area contributed by atoms with Gasteiger partial charge in [0, 0.05) is 23.6 Å². The van der Waals surface area contributed by atoms with Gasteiger partial charge in [-0.2, -0.15) is 0 Å². The number of rotatable bonds is 1. The molecule has 0 amide bonds. The van der Waals surface area contributed by atoms with Crippen molar-refractivity contribution >= 4 is 39.1 Å². The normalized spacial score (nSPS) is 16.4. The molecule has 1 aliphatic rings. The molecule has 0 spiro atoms. The zero-order chi connectivity index (χ0) is 10.1. The lowest BCUT2D eigenvalue weighted by atomic mass is 10.4. The minimum absolute atomic E-state index is 0.241. The average Bonchev–Trinajstić information content (AvgIpc) is 2.51. The zero-order valence-electron chi connectivity index (χ0n) is 7.33. The summed E-state index contributed by atoms with van der Waals surface area (Å²) in [6, 6.07) is 1.78. The Morgan fingerprint density at radius 1 is 1.57 bits per heavy atom. The van der Waals surface area contributed by atoms with Crippen molar-refractivity contribution in [3.63, 3.8) is 0 Å². The smallest absolute Gasteiger partial charge is 0.153 e. The molecule has 1 aromatic heterocycles. The molecule has 2 rings (SSSR count). The molecule has 2 heterocycles. The third-order valence-corrected chi connectivity index (χ3v) is 2.83. The number of anilines is 1. The summed E-state index contributed by atoms with van der Waals surface area (Å²) >= 11 is 9.30. The van der Waals surface area contributed by atoms with Crippen molar-refractivity contribution in [2.75, 3.05) is 18.0 Å². The molecule has 0 atom stereocenters. The predicted octanol–water partition coefficient (Wildman–Crippen LogP) is 2.28. The van der Waals surface area contributed by atoms with Crippen molar-refractivity contribution in [3.05, 3.63) is 21.8 Å². The molecule has 0 aliphatic carbocycles. The summed E-state index contributed by atoms with van der Waals surface area (Å²) in [5.41, 5.74) is 0. The zero-order valence-corrected chi connectivity index (χ0v) is 9.68. The van der Waals surface area contributed by atoms with Gasteiger partial charge in [-0.3, -0.25) is 4.79 Å². The van der Waals surface area contributed by atoms with E-state index in [1.807, 2.05) is 4.90 Å². The first kappa shape index (κ1) is 9.93. The molecule has 5 heteroatoms. The van der Waals surface area contributed by atoms with Gasteiger partial charge in [-0.1, -0.05) is 11.6 Å². The van der Waals surface area contributed by atoms with Gasteiger partial charge in [-0.05, 0) is 22.0 Å². The third kappa shape index (κ3) is 1.91. The van der Waals surface area contributed by atoms with E-state index in [1.54, 1.807) is 12.3 Å². The maximum absolute atomic E-state index is 11.1. The van der Waals surface area contributed by atoms with Crippen LogP contribution in [0.25, 0.3) is 0 Å². The van der Waals surface area contributed by atoms with Crippen molar-refractivity contribution in [1.29, 1.82) is 0 Å². The molecule has 0 unspecified atom stereocenters. The lowest BCUT2D eigenvalue weighted by Crippen LogP contribution is -2.21. The highest BCUT2D eigenvalue weighted by atomic mass is 79.9. The number of hydrogen-bond acceptors (Lipinski definition) is 3. The van der Waals surface area contributed by atoms with Crippen molar-refractivity contribution in [3.8, 4) is 0 Å². The van der Waals surface area contributed by atoms with Gasteiger partial charge < -0.3 is 4.90 Å². The van der Waals surface area contributed by atoms with Crippen LogP contribution in [-0.4, -0.2) is 23.9 Å². The number of nitrogens with zero attached hydrogens (tertiary/aromatic N) is 2. The van der Waals surface area contributed by atoms with E-state index < -0.39 is 0 Å². The first-order chi connectivity index (χ1) is 6.66. The molecule has 1 saturated heterocycles. The largest absolute Gasteiger partial charge is 0.348 e. The highest BCUT2D eigenvalue weighted by Gasteiger charge is 2.22. The first-order valence-corrected chi connectivity index (χ1v) is 5.41. The highest BCUT2D eigenvalue weighted by molar-refractivity contribution is 9.10. The third-order valence-electron chi connectivity index (χ3n) is 2.12. The second kappa shape index (κ2) is 3.87. The number of aromatic nitrogens is 1. The highest BCUT2D eigenvalue weighted by Crippen LogP contribution is 2.27. The monoisotopic (exact) mass is 274 g/mol. The fraction of sp³-hybridized carbons (Fsp3) is 0.333. The minimum atomic E-state index is 0.241. The first-order valence-electron chi connectivity index (χ1n) is 4.24. The van der Waals surface area contributed by atoms with Crippen LogP contribution in [0.15, 0.2) is 16.7 Å². The fourth-order valence-corrected chi connectivity index (χ4v) is 2.20. The summed E-state index contributed by atoms with van der Waals surface area (Å²) in [6.07, 6.45) is 2.28. The van der Waals surface area contributed by atoms with Crippen LogP contribution in [0.3, 0.4) is 0 Å². The molecular formula is C9H8BrClN2O. The van der Waals surface area contributed by atoms with E-state index in [0.717, 1.165) is 4.47 Å². The number of ketones is 1. The van der Waals surface area contributed by atoms with Crippen molar-refractivity contribution in [1.82, 2.24) is 4.98 Å². The van der Waals surface area contributed by atoms with Crippen molar-refractivity contribution in [2.45, 2.75) is 6.42 Å². The molecule has 1 aromatic rings. The molecular weight excluding hydrogens is 267 g/mol. The van der Waals surface area contributed by atoms with Gasteiger partial charge in [0.05, 0.1) is 11.6 Å². The van der Waals surface area contributed by atoms with E-state index in [9.17, 15) is 4.79 Å². The molecule has 0 bridgehead atoms. The molecule has 1 aliphatic heterocycles. The van der Waals surface area contributed by atoms with E-state index >= 15 is 0 Å². The lowest BCUT2D eigenvalue weighted by molar-refractivity contribution is -0.116. The van der Waals surface area contributed by atoms with Gasteiger partial charge in [-0.25, -0.2) is 4.98 Å². The van der Waals surface area contributed by atoms with Gasteiger partial charge >= 0.3 is 0 Å². The molecule has 0 N–H and O–H groups in total. The summed E-state index contributed by atoms with van der Waals surface area (Å²) in [4.78, 5) is 17.2.